The first-order valence-corrected chi connectivity index (χ1v) is 6.98. The molecule has 2 aliphatic rings. The van der Waals surface area contributed by atoms with Crippen LogP contribution in [0.25, 0.3) is 0 Å². The molecular formula is C9H15NO5S. The summed E-state index contributed by atoms with van der Waals surface area (Å²) in [5.41, 5.74) is -0.694. The van der Waals surface area contributed by atoms with Gasteiger partial charge in [0, 0.05) is 0 Å². The number of epoxide rings is 1. The molecule has 0 radical (unpaired) electrons. The van der Waals surface area contributed by atoms with Crippen molar-refractivity contribution in [3.05, 3.63) is 0 Å². The maximum absolute atomic E-state index is 11.4. The van der Waals surface area contributed by atoms with Gasteiger partial charge < -0.3 is 14.8 Å². The van der Waals surface area contributed by atoms with Gasteiger partial charge in [0.2, 0.25) is 0 Å². The molecule has 0 aromatic heterocycles. The van der Waals surface area contributed by atoms with E-state index in [0.717, 1.165) is 0 Å². The minimum atomic E-state index is -3.01. The van der Waals surface area contributed by atoms with Crippen LogP contribution >= 0.6 is 0 Å². The van der Waals surface area contributed by atoms with Crippen molar-refractivity contribution < 1.29 is 22.7 Å². The van der Waals surface area contributed by atoms with E-state index in [2.05, 4.69) is 5.32 Å². The number of carbonyl (C=O) groups is 1. The minimum absolute atomic E-state index is 0.0188. The maximum Gasteiger partial charge on any atom is 0.407 e. The van der Waals surface area contributed by atoms with Crippen LogP contribution in [0.5, 0.6) is 0 Å². The summed E-state index contributed by atoms with van der Waals surface area (Å²) in [7, 11) is -3.01. The zero-order chi connectivity index (χ0) is 11.8. The molecule has 2 fully saturated rings. The third kappa shape index (κ3) is 3.08. The highest BCUT2D eigenvalue weighted by Crippen LogP contribution is 2.22. The predicted molar refractivity (Wildman–Crippen MR) is 55.9 cm³/mol. The van der Waals surface area contributed by atoms with Gasteiger partial charge in [-0.1, -0.05) is 0 Å². The minimum Gasteiger partial charge on any atom is -0.447 e. The molecule has 0 aromatic carbocycles. The molecular weight excluding hydrogens is 234 g/mol. The van der Waals surface area contributed by atoms with Crippen LogP contribution in [0.4, 0.5) is 4.79 Å². The van der Waals surface area contributed by atoms with Crippen molar-refractivity contribution in [3.8, 4) is 0 Å². The summed E-state index contributed by atoms with van der Waals surface area (Å²) >= 11 is 0. The summed E-state index contributed by atoms with van der Waals surface area (Å²) in [6, 6.07) is 0. The standard InChI is InChI=1S/C9H15NO5S/c1-9(2-3-16(12,13)6-9)10-8(11)15-5-7-4-14-7/h7H,2-6H2,1H3,(H,10,11). The molecule has 2 heterocycles. The summed E-state index contributed by atoms with van der Waals surface area (Å²) in [6.07, 6.45) is -0.120. The normalized spacial score (nSPS) is 35.7. The van der Waals surface area contributed by atoms with Gasteiger partial charge in [-0.3, -0.25) is 0 Å². The summed E-state index contributed by atoms with van der Waals surface area (Å²) in [5, 5.41) is 2.60. The second kappa shape index (κ2) is 3.89. The number of hydrogen-bond donors (Lipinski definition) is 1. The Labute approximate surface area is 94.2 Å². The van der Waals surface area contributed by atoms with Crippen molar-refractivity contribution in [3.63, 3.8) is 0 Å². The molecule has 2 unspecified atom stereocenters. The van der Waals surface area contributed by atoms with Crippen LogP contribution in [0, 0.1) is 0 Å². The first-order chi connectivity index (χ1) is 7.39. The lowest BCUT2D eigenvalue weighted by atomic mass is 10.0. The first-order valence-electron chi connectivity index (χ1n) is 5.16. The lowest BCUT2D eigenvalue weighted by Gasteiger charge is -2.23. The largest absolute Gasteiger partial charge is 0.447 e. The molecule has 0 bridgehead atoms. The van der Waals surface area contributed by atoms with Crippen LogP contribution in [0.2, 0.25) is 0 Å². The lowest BCUT2D eigenvalue weighted by Crippen LogP contribution is -2.47. The quantitative estimate of drug-likeness (QED) is 0.693. The van der Waals surface area contributed by atoms with E-state index in [1.54, 1.807) is 6.92 Å². The second-order valence-electron chi connectivity index (χ2n) is 4.58. The Balaban J connectivity index is 1.81. The van der Waals surface area contributed by atoms with E-state index in [0.29, 0.717) is 13.0 Å². The number of alkyl carbamates (subject to hydrolysis) is 1. The molecule has 0 spiro atoms. The van der Waals surface area contributed by atoms with E-state index in [-0.39, 0.29) is 24.2 Å². The van der Waals surface area contributed by atoms with E-state index in [9.17, 15) is 13.2 Å². The molecule has 2 aliphatic heterocycles. The molecule has 1 amide bonds. The van der Waals surface area contributed by atoms with E-state index in [1.165, 1.54) is 0 Å². The summed E-state index contributed by atoms with van der Waals surface area (Å²) in [4.78, 5) is 11.4. The lowest BCUT2D eigenvalue weighted by molar-refractivity contribution is 0.127. The van der Waals surface area contributed by atoms with E-state index >= 15 is 0 Å². The van der Waals surface area contributed by atoms with Crippen LogP contribution in [-0.2, 0) is 19.3 Å². The molecule has 2 saturated heterocycles. The average Bonchev–Trinajstić information content (AvgIpc) is 2.90. The van der Waals surface area contributed by atoms with Gasteiger partial charge in [-0.05, 0) is 13.3 Å². The van der Waals surface area contributed by atoms with Crippen LogP contribution in [0.3, 0.4) is 0 Å². The average molecular weight is 249 g/mol. The van der Waals surface area contributed by atoms with Gasteiger partial charge >= 0.3 is 6.09 Å². The van der Waals surface area contributed by atoms with Crippen LogP contribution in [0.1, 0.15) is 13.3 Å². The molecule has 0 aromatic rings. The highest BCUT2D eigenvalue weighted by Gasteiger charge is 2.40. The Morgan fingerprint density at radius 3 is 2.81 bits per heavy atom. The number of rotatable bonds is 3. The van der Waals surface area contributed by atoms with Crippen molar-refractivity contribution in [1.82, 2.24) is 5.32 Å². The third-order valence-corrected chi connectivity index (χ3v) is 4.61. The highest BCUT2D eigenvalue weighted by molar-refractivity contribution is 7.91. The Morgan fingerprint density at radius 2 is 2.31 bits per heavy atom. The molecule has 6 nitrogen and oxygen atoms in total. The summed E-state index contributed by atoms with van der Waals surface area (Å²) < 4.78 is 32.4. The van der Waals surface area contributed by atoms with Crippen molar-refractivity contribution in [2.24, 2.45) is 0 Å². The topological polar surface area (TPSA) is 85.0 Å². The Morgan fingerprint density at radius 1 is 1.62 bits per heavy atom. The Bertz CT molecular complexity index is 389. The summed E-state index contributed by atoms with van der Waals surface area (Å²) in [5.74, 6) is 0.102. The van der Waals surface area contributed by atoms with Gasteiger partial charge in [-0.25, -0.2) is 13.2 Å². The molecule has 0 aliphatic carbocycles. The number of amides is 1. The molecule has 1 N–H and O–H groups in total. The van der Waals surface area contributed by atoms with Crippen molar-refractivity contribution in [1.29, 1.82) is 0 Å². The predicted octanol–water partition coefficient (Wildman–Crippen LogP) is -0.311. The third-order valence-electron chi connectivity index (χ3n) is 2.71. The monoisotopic (exact) mass is 249 g/mol. The molecule has 7 heteroatoms. The van der Waals surface area contributed by atoms with Gasteiger partial charge in [0.25, 0.3) is 0 Å². The van der Waals surface area contributed by atoms with E-state index in [1.807, 2.05) is 0 Å². The smallest absolute Gasteiger partial charge is 0.407 e. The fourth-order valence-electron chi connectivity index (χ4n) is 1.72. The fourth-order valence-corrected chi connectivity index (χ4v) is 3.82. The summed E-state index contributed by atoms with van der Waals surface area (Å²) in [6.45, 7) is 2.57. The van der Waals surface area contributed by atoms with E-state index < -0.39 is 21.5 Å². The second-order valence-corrected chi connectivity index (χ2v) is 6.77. The molecule has 16 heavy (non-hydrogen) atoms. The van der Waals surface area contributed by atoms with Crippen molar-refractivity contribution in [2.75, 3.05) is 24.7 Å². The van der Waals surface area contributed by atoms with Crippen LogP contribution in [-0.4, -0.2) is 50.9 Å². The Kier molecular flexibility index (Phi) is 2.83. The SMILES string of the molecule is CC1(NC(=O)OCC2CO2)CCS(=O)(=O)C1. The van der Waals surface area contributed by atoms with Gasteiger partial charge in [0.05, 0.1) is 23.7 Å². The van der Waals surface area contributed by atoms with Gasteiger partial charge in [-0.2, -0.15) is 0 Å². The fraction of sp³-hybridized carbons (Fsp3) is 0.889. The van der Waals surface area contributed by atoms with Crippen molar-refractivity contribution in [2.45, 2.75) is 25.0 Å². The highest BCUT2D eigenvalue weighted by atomic mass is 32.2. The zero-order valence-electron chi connectivity index (χ0n) is 9.06. The number of carbonyl (C=O) groups excluding carboxylic acids is 1. The van der Waals surface area contributed by atoms with Gasteiger partial charge in [0.1, 0.15) is 12.7 Å². The zero-order valence-corrected chi connectivity index (χ0v) is 9.88. The number of ether oxygens (including phenoxy) is 2. The van der Waals surface area contributed by atoms with E-state index in [4.69, 9.17) is 9.47 Å². The van der Waals surface area contributed by atoms with Gasteiger partial charge in [-0.15, -0.1) is 0 Å². The molecule has 2 atom stereocenters. The number of sulfone groups is 1. The maximum atomic E-state index is 11.4. The molecule has 0 saturated carbocycles. The van der Waals surface area contributed by atoms with Crippen LogP contribution < -0.4 is 5.32 Å². The number of nitrogens with one attached hydrogen (secondary N) is 1. The van der Waals surface area contributed by atoms with Crippen LogP contribution in [0.15, 0.2) is 0 Å². The Hall–Kier alpha value is -0.820. The van der Waals surface area contributed by atoms with Gasteiger partial charge in [0.15, 0.2) is 9.84 Å². The first kappa shape index (κ1) is 11.7. The number of hydrogen-bond acceptors (Lipinski definition) is 5. The molecule has 2 rings (SSSR count). The van der Waals surface area contributed by atoms with Crippen molar-refractivity contribution >= 4 is 15.9 Å². The molecule has 92 valence electrons.